The van der Waals surface area contributed by atoms with Gasteiger partial charge in [-0.05, 0) is 46.3 Å². The summed E-state index contributed by atoms with van der Waals surface area (Å²) >= 11 is 3.23. The van der Waals surface area contributed by atoms with Crippen LogP contribution in [0.4, 0.5) is 21.5 Å². The zero-order chi connectivity index (χ0) is 14.0. The molecular formula is C13H11BrFN3O. The van der Waals surface area contributed by atoms with Crippen molar-refractivity contribution in [3.63, 3.8) is 0 Å². The van der Waals surface area contributed by atoms with E-state index in [1.807, 2.05) is 0 Å². The van der Waals surface area contributed by atoms with Gasteiger partial charge in [0.05, 0.1) is 16.9 Å². The van der Waals surface area contributed by atoms with Crippen molar-refractivity contribution < 1.29 is 9.18 Å². The molecule has 0 heterocycles. The van der Waals surface area contributed by atoms with Crippen molar-refractivity contribution in [1.29, 1.82) is 0 Å². The van der Waals surface area contributed by atoms with E-state index in [2.05, 4.69) is 21.2 Å². The summed E-state index contributed by atoms with van der Waals surface area (Å²) in [4.78, 5) is 11.3. The van der Waals surface area contributed by atoms with Crippen LogP contribution < -0.4 is 16.8 Å². The molecule has 6 heteroatoms. The monoisotopic (exact) mass is 323 g/mol. The average molecular weight is 324 g/mol. The second kappa shape index (κ2) is 5.27. The van der Waals surface area contributed by atoms with Crippen molar-refractivity contribution in [3.05, 3.63) is 52.3 Å². The molecule has 2 aromatic carbocycles. The van der Waals surface area contributed by atoms with Gasteiger partial charge in [-0.1, -0.05) is 6.07 Å². The summed E-state index contributed by atoms with van der Waals surface area (Å²) in [6, 6.07) is 9.14. The van der Waals surface area contributed by atoms with Crippen LogP contribution in [-0.4, -0.2) is 5.91 Å². The van der Waals surface area contributed by atoms with Crippen LogP contribution in [0.1, 0.15) is 10.4 Å². The Hall–Kier alpha value is -2.08. The molecule has 98 valence electrons. The Balaban J connectivity index is 2.49. The van der Waals surface area contributed by atoms with E-state index in [-0.39, 0.29) is 11.3 Å². The third-order valence-corrected chi connectivity index (χ3v) is 3.19. The van der Waals surface area contributed by atoms with Crippen molar-refractivity contribution in [3.8, 4) is 0 Å². The Kier molecular flexibility index (Phi) is 3.71. The van der Waals surface area contributed by atoms with Crippen LogP contribution in [0.3, 0.4) is 0 Å². The number of rotatable bonds is 3. The van der Waals surface area contributed by atoms with Crippen LogP contribution in [0.5, 0.6) is 0 Å². The number of nitrogens with one attached hydrogen (secondary N) is 1. The number of anilines is 3. The van der Waals surface area contributed by atoms with Gasteiger partial charge in [0.15, 0.2) is 0 Å². The molecule has 0 fully saturated rings. The lowest BCUT2D eigenvalue weighted by Gasteiger charge is -2.13. The molecule has 0 unspecified atom stereocenters. The Bertz CT molecular complexity index is 626. The van der Waals surface area contributed by atoms with E-state index in [9.17, 15) is 9.18 Å². The molecule has 0 aliphatic carbocycles. The van der Waals surface area contributed by atoms with E-state index < -0.39 is 11.7 Å². The maximum atomic E-state index is 13.7. The Morgan fingerprint density at radius 1 is 1.26 bits per heavy atom. The predicted molar refractivity (Wildman–Crippen MR) is 76.8 cm³/mol. The number of benzene rings is 2. The first-order valence-electron chi connectivity index (χ1n) is 5.39. The minimum atomic E-state index is -0.616. The molecule has 0 saturated carbocycles. The maximum Gasteiger partial charge on any atom is 0.250 e. The van der Waals surface area contributed by atoms with Crippen LogP contribution in [0.15, 0.2) is 40.9 Å². The summed E-state index contributed by atoms with van der Waals surface area (Å²) < 4.78 is 14.3. The summed E-state index contributed by atoms with van der Waals surface area (Å²) in [5.41, 5.74) is 12.2. The molecule has 0 aliphatic heterocycles. The number of primary amides is 1. The second-order valence-corrected chi connectivity index (χ2v) is 4.75. The molecule has 19 heavy (non-hydrogen) atoms. The first-order chi connectivity index (χ1) is 8.99. The van der Waals surface area contributed by atoms with Gasteiger partial charge < -0.3 is 16.8 Å². The van der Waals surface area contributed by atoms with Crippen LogP contribution in [0, 0.1) is 5.82 Å². The maximum absolute atomic E-state index is 13.7. The number of hydrogen-bond acceptors (Lipinski definition) is 3. The first kappa shape index (κ1) is 13.4. The highest BCUT2D eigenvalue weighted by Gasteiger charge is 2.12. The summed E-state index contributed by atoms with van der Waals surface area (Å²) in [6.07, 6.45) is 0. The lowest BCUT2D eigenvalue weighted by atomic mass is 10.1. The molecule has 0 aromatic heterocycles. The molecule has 0 aliphatic rings. The summed E-state index contributed by atoms with van der Waals surface area (Å²) in [5.74, 6) is -1.07. The average Bonchev–Trinajstić information content (AvgIpc) is 2.33. The smallest absolute Gasteiger partial charge is 0.250 e. The molecule has 2 rings (SSSR count). The van der Waals surface area contributed by atoms with Crippen molar-refractivity contribution in [1.82, 2.24) is 0 Å². The molecular weight excluding hydrogens is 313 g/mol. The molecule has 2 aromatic rings. The van der Waals surface area contributed by atoms with Crippen molar-refractivity contribution in [2.45, 2.75) is 0 Å². The Labute approximate surface area is 117 Å². The van der Waals surface area contributed by atoms with E-state index in [1.165, 1.54) is 18.2 Å². The molecule has 0 spiro atoms. The molecule has 0 bridgehead atoms. The Morgan fingerprint density at radius 2 is 2.00 bits per heavy atom. The van der Waals surface area contributed by atoms with Gasteiger partial charge in [0.1, 0.15) is 5.82 Å². The molecule has 1 amide bonds. The number of hydrogen-bond donors (Lipinski definition) is 3. The van der Waals surface area contributed by atoms with E-state index in [0.717, 1.165) is 0 Å². The topological polar surface area (TPSA) is 81.1 Å². The highest BCUT2D eigenvalue weighted by molar-refractivity contribution is 9.10. The zero-order valence-corrected chi connectivity index (χ0v) is 11.4. The summed E-state index contributed by atoms with van der Waals surface area (Å²) in [5, 5.41) is 2.83. The van der Waals surface area contributed by atoms with Gasteiger partial charge in [-0.15, -0.1) is 0 Å². The van der Waals surface area contributed by atoms with E-state index in [1.54, 1.807) is 18.2 Å². The van der Waals surface area contributed by atoms with Gasteiger partial charge in [-0.2, -0.15) is 0 Å². The van der Waals surface area contributed by atoms with E-state index in [0.29, 0.717) is 15.8 Å². The standard InChI is InChI=1S/C13H11BrFN3O/c14-9-2-1-3-10(15)12(9)18-11-6-7(16)4-5-8(11)13(17)19/h1-6,18H,16H2,(H2,17,19). The van der Waals surface area contributed by atoms with Crippen molar-refractivity contribution >= 4 is 38.9 Å². The molecule has 0 atom stereocenters. The third kappa shape index (κ3) is 2.85. The number of carbonyl (C=O) groups is 1. The van der Waals surface area contributed by atoms with Gasteiger partial charge in [0, 0.05) is 10.2 Å². The summed E-state index contributed by atoms with van der Waals surface area (Å²) in [6.45, 7) is 0. The number of carbonyl (C=O) groups excluding carboxylic acids is 1. The fourth-order valence-corrected chi connectivity index (χ4v) is 2.07. The van der Waals surface area contributed by atoms with Crippen molar-refractivity contribution in [2.24, 2.45) is 5.73 Å². The minimum Gasteiger partial charge on any atom is -0.399 e. The van der Waals surface area contributed by atoms with Crippen LogP contribution >= 0.6 is 15.9 Å². The number of para-hydroxylation sites is 1. The fraction of sp³-hybridized carbons (Fsp3) is 0. The largest absolute Gasteiger partial charge is 0.399 e. The fourth-order valence-electron chi connectivity index (χ4n) is 1.63. The van der Waals surface area contributed by atoms with Gasteiger partial charge in [-0.3, -0.25) is 4.79 Å². The predicted octanol–water partition coefficient (Wildman–Crippen LogP) is 3.01. The Morgan fingerprint density at radius 3 is 2.63 bits per heavy atom. The SMILES string of the molecule is NC(=O)c1ccc(N)cc1Nc1c(F)cccc1Br. The zero-order valence-electron chi connectivity index (χ0n) is 9.78. The number of nitrogens with two attached hydrogens (primary N) is 2. The lowest BCUT2D eigenvalue weighted by Crippen LogP contribution is -2.13. The minimum absolute atomic E-state index is 0.218. The van der Waals surface area contributed by atoms with Gasteiger partial charge in [0.2, 0.25) is 0 Å². The van der Waals surface area contributed by atoms with Crippen LogP contribution in [-0.2, 0) is 0 Å². The van der Waals surface area contributed by atoms with Gasteiger partial charge >= 0.3 is 0 Å². The first-order valence-corrected chi connectivity index (χ1v) is 6.18. The van der Waals surface area contributed by atoms with E-state index >= 15 is 0 Å². The van der Waals surface area contributed by atoms with E-state index in [4.69, 9.17) is 11.5 Å². The van der Waals surface area contributed by atoms with Crippen molar-refractivity contribution in [2.75, 3.05) is 11.1 Å². The molecule has 4 nitrogen and oxygen atoms in total. The quantitative estimate of drug-likeness (QED) is 0.759. The van der Waals surface area contributed by atoms with Crippen LogP contribution in [0.2, 0.25) is 0 Å². The number of nitrogen functional groups attached to an aromatic ring is 1. The molecule has 5 N–H and O–H groups in total. The third-order valence-electron chi connectivity index (χ3n) is 2.53. The number of amides is 1. The number of halogens is 2. The summed E-state index contributed by atoms with van der Waals surface area (Å²) in [7, 11) is 0. The highest BCUT2D eigenvalue weighted by Crippen LogP contribution is 2.30. The molecule has 0 saturated heterocycles. The second-order valence-electron chi connectivity index (χ2n) is 3.89. The van der Waals surface area contributed by atoms with Crippen LogP contribution in [0.25, 0.3) is 0 Å². The molecule has 0 radical (unpaired) electrons. The van der Waals surface area contributed by atoms with Gasteiger partial charge in [0.25, 0.3) is 5.91 Å². The lowest BCUT2D eigenvalue weighted by molar-refractivity contribution is 0.100. The normalized spacial score (nSPS) is 10.2. The highest BCUT2D eigenvalue weighted by atomic mass is 79.9. The van der Waals surface area contributed by atoms with Gasteiger partial charge in [-0.25, -0.2) is 4.39 Å².